The van der Waals surface area contributed by atoms with Gasteiger partial charge in [-0.25, -0.2) is 0 Å². The van der Waals surface area contributed by atoms with Crippen LogP contribution >= 0.6 is 0 Å². The summed E-state index contributed by atoms with van der Waals surface area (Å²) in [5.74, 6) is 1.32. The third-order valence-electron chi connectivity index (χ3n) is 2.61. The molecule has 1 unspecified atom stereocenters. The Bertz CT molecular complexity index is 323. The Morgan fingerprint density at radius 2 is 1.94 bits per heavy atom. The molecular formula is C14H22O3. The highest BCUT2D eigenvalue weighted by Crippen LogP contribution is 2.24. The summed E-state index contributed by atoms with van der Waals surface area (Å²) in [6, 6.07) is 7.46. The second-order valence-electron chi connectivity index (χ2n) is 4.52. The lowest BCUT2D eigenvalue weighted by atomic mass is 10.1. The van der Waals surface area contributed by atoms with Crippen molar-refractivity contribution in [2.24, 2.45) is 5.92 Å². The zero-order valence-corrected chi connectivity index (χ0v) is 10.8. The number of benzene rings is 1. The third-order valence-corrected chi connectivity index (χ3v) is 2.61. The van der Waals surface area contributed by atoms with Gasteiger partial charge in [0.1, 0.15) is 11.9 Å². The van der Waals surface area contributed by atoms with Crippen LogP contribution in [0.25, 0.3) is 0 Å². The van der Waals surface area contributed by atoms with Gasteiger partial charge in [-0.15, -0.1) is 0 Å². The van der Waals surface area contributed by atoms with Crippen molar-refractivity contribution in [3.8, 4) is 5.75 Å². The van der Waals surface area contributed by atoms with Crippen LogP contribution in [0.15, 0.2) is 24.3 Å². The fraction of sp³-hybridized carbons (Fsp3) is 0.571. The lowest BCUT2D eigenvalue weighted by Gasteiger charge is -2.15. The molecule has 0 aromatic heterocycles. The van der Waals surface area contributed by atoms with Crippen molar-refractivity contribution in [2.75, 3.05) is 20.3 Å². The maximum Gasteiger partial charge on any atom is 0.124 e. The molecule has 3 heteroatoms. The van der Waals surface area contributed by atoms with E-state index in [1.54, 1.807) is 7.11 Å². The minimum atomic E-state index is -0.627. The van der Waals surface area contributed by atoms with Crippen LogP contribution in [0.4, 0.5) is 0 Å². The Morgan fingerprint density at radius 3 is 2.59 bits per heavy atom. The predicted octanol–water partition coefficient (Wildman–Crippen LogP) is 2.79. The molecule has 0 saturated heterocycles. The average molecular weight is 238 g/mol. The second-order valence-corrected chi connectivity index (χ2v) is 4.52. The van der Waals surface area contributed by atoms with Crippen LogP contribution in [0.1, 0.15) is 31.9 Å². The van der Waals surface area contributed by atoms with E-state index in [1.165, 1.54) is 0 Å². The van der Waals surface area contributed by atoms with Crippen LogP contribution in [0.5, 0.6) is 5.75 Å². The van der Waals surface area contributed by atoms with Gasteiger partial charge in [-0.2, -0.15) is 0 Å². The molecule has 17 heavy (non-hydrogen) atoms. The second kappa shape index (κ2) is 7.30. The lowest BCUT2D eigenvalue weighted by Crippen LogP contribution is -2.10. The van der Waals surface area contributed by atoms with Gasteiger partial charge in [-0.3, -0.25) is 0 Å². The van der Waals surface area contributed by atoms with Crippen molar-refractivity contribution >= 4 is 0 Å². The molecular weight excluding hydrogens is 216 g/mol. The van der Waals surface area contributed by atoms with Gasteiger partial charge in [0, 0.05) is 12.2 Å². The first-order valence-corrected chi connectivity index (χ1v) is 6.04. The molecule has 0 saturated carbocycles. The number of rotatable bonds is 7. The summed E-state index contributed by atoms with van der Waals surface area (Å²) in [7, 11) is 1.60. The van der Waals surface area contributed by atoms with E-state index in [4.69, 9.17) is 9.47 Å². The van der Waals surface area contributed by atoms with Gasteiger partial charge in [0.05, 0.1) is 13.7 Å². The molecule has 96 valence electrons. The standard InChI is InChI=1S/C14H22O3/c1-11(2)8-9-17-10-13(15)12-6-4-5-7-14(12)16-3/h4-7,11,13,15H,8-10H2,1-3H3. The minimum Gasteiger partial charge on any atom is -0.496 e. The fourth-order valence-corrected chi connectivity index (χ4v) is 1.55. The lowest BCUT2D eigenvalue weighted by molar-refractivity contribution is 0.0308. The van der Waals surface area contributed by atoms with E-state index in [9.17, 15) is 5.11 Å². The van der Waals surface area contributed by atoms with Gasteiger partial charge in [-0.05, 0) is 18.4 Å². The number of methoxy groups -OCH3 is 1. The minimum absolute atomic E-state index is 0.313. The topological polar surface area (TPSA) is 38.7 Å². The molecule has 0 spiro atoms. The number of hydrogen-bond acceptors (Lipinski definition) is 3. The van der Waals surface area contributed by atoms with Crippen molar-refractivity contribution in [3.63, 3.8) is 0 Å². The molecule has 0 heterocycles. The summed E-state index contributed by atoms with van der Waals surface area (Å²) in [5.41, 5.74) is 0.777. The first-order chi connectivity index (χ1) is 8.15. The summed E-state index contributed by atoms with van der Waals surface area (Å²) in [6.45, 7) is 5.30. The Kier molecular flexibility index (Phi) is 6.01. The van der Waals surface area contributed by atoms with Gasteiger partial charge in [0.15, 0.2) is 0 Å². The number of hydrogen-bond donors (Lipinski definition) is 1. The molecule has 0 bridgehead atoms. The van der Waals surface area contributed by atoms with Gasteiger partial charge < -0.3 is 14.6 Å². The van der Waals surface area contributed by atoms with Crippen molar-refractivity contribution in [3.05, 3.63) is 29.8 Å². The van der Waals surface area contributed by atoms with E-state index < -0.39 is 6.10 Å². The summed E-state index contributed by atoms with van der Waals surface area (Å²) >= 11 is 0. The average Bonchev–Trinajstić information content (AvgIpc) is 2.34. The largest absolute Gasteiger partial charge is 0.496 e. The predicted molar refractivity (Wildman–Crippen MR) is 68.2 cm³/mol. The monoisotopic (exact) mass is 238 g/mol. The van der Waals surface area contributed by atoms with Gasteiger partial charge >= 0.3 is 0 Å². The van der Waals surface area contributed by atoms with Crippen molar-refractivity contribution in [1.29, 1.82) is 0 Å². The Hall–Kier alpha value is -1.06. The van der Waals surface area contributed by atoms with Crippen molar-refractivity contribution < 1.29 is 14.6 Å². The Balaban J connectivity index is 2.43. The zero-order chi connectivity index (χ0) is 12.7. The maximum absolute atomic E-state index is 9.99. The number of ether oxygens (including phenoxy) is 2. The number of para-hydroxylation sites is 1. The molecule has 1 atom stereocenters. The molecule has 0 fully saturated rings. The van der Waals surface area contributed by atoms with Crippen LogP contribution in [0, 0.1) is 5.92 Å². The molecule has 0 aliphatic heterocycles. The highest BCUT2D eigenvalue weighted by Gasteiger charge is 2.12. The molecule has 1 aromatic carbocycles. The maximum atomic E-state index is 9.99. The number of aliphatic hydroxyl groups is 1. The smallest absolute Gasteiger partial charge is 0.124 e. The van der Waals surface area contributed by atoms with Crippen LogP contribution in [-0.4, -0.2) is 25.4 Å². The van der Waals surface area contributed by atoms with Gasteiger partial charge in [-0.1, -0.05) is 32.0 Å². The molecule has 0 aliphatic carbocycles. The molecule has 1 aromatic rings. The molecule has 1 N–H and O–H groups in total. The van der Waals surface area contributed by atoms with E-state index in [-0.39, 0.29) is 0 Å². The molecule has 0 radical (unpaired) electrons. The summed E-state index contributed by atoms with van der Waals surface area (Å²) in [4.78, 5) is 0. The molecule has 3 nitrogen and oxygen atoms in total. The molecule has 1 rings (SSSR count). The zero-order valence-electron chi connectivity index (χ0n) is 10.8. The quantitative estimate of drug-likeness (QED) is 0.742. The highest BCUT2D eigenvalue weighted by atomic mass is 16.5. The van der Waals surface area contributed by atoms with Gasteiger partial charge in [0.2, 0.25) is 0 Å². The third kappa shape index (κ3) is 4.75. The van der Waals surface area contributed by atoms with Crippen molar-refractivity contribution in [1.82, 2.24) is 0 Å². The van der Waals surface area contributed by atoms with Gasteiger partial charge in [0.25, 0.3) is 0 Å². The highest BCUT2D eigenvalue weighted by molar-refractivity contribution is 5.34. The van der Waals surface area contributed by atoms with Crippen LogP contribution in [0.2, 0.25) is 0 Å². The Labute approximate surface area is 103 Å². The number of aliphatic hydroxyl groups excluding tert-OH is 1. The normalized spacial score (nSPS) is 12.8. The van der Waals surface area contributed by atoms with E-state index in [2.05, 4.69) is 13.8 Å². The first-order valence-electron chi connectivity index (χ1n) is 6.04. The summed E-state index contributed by atoms with van der Waals surface area (Å²) in [6.07, 6.45) is 0.386. The molecule has 0 amide bonds. The first kappa shape index (κ1) is 14.0. The van der Waals surface area contributed by atoms with E-state index in [1.807, 2.05) is 24.3 Å². The van der Waals surface area contributed by atoms with E-state index in [0.29, 0.717) is 24.9 Å². The molecule has 0 aliphatic rings. The fourth-order valence-electron chi connectivity index (χ4n) is 1.55. The van der Waals surface area contributed by atoms with E-state index >= 15 is 0 Å². The van der Waals surface area contributed by atoms with Crippen LogP contribution < -0.4 is 4.74 Å². The summed E-state index contributed by atoms with van der Waals surface area (Å²) in [5, 5.41) is 9.99. The van der Waals surface area contributed by atoms with Crippen LogP contribution in [-0.2, 0) is 4.74 Å². The van der Waals surface area contributed by atoms with Crippen LogP contribution in [0.3, 0.4) is 0 Å². The van der Waals surface area contributed by atoms with Crippen molar-refractivity contribution in [2.45, 2.75) is 26.4 Å². The Morgan fingerprint density at radius 1 is 1.24 bits per heavy atom. The summed E-state index contributed by atoms with van der Waals surface area (Å²) < 4.78 is 10.7. The SMILES string of the molecule is COc1ccccc1C(O)COCCC(C)C. The van der Waals surface area contributed by atoms with E-state index in [0.717, 1.165) is 12.0 Å².